The first-order valence-corrected chi connectivity index (χ1v) is 17.8. The zero-order valence-electron chi connectivity index (χ0n) is 27.5. The van der Waals surface area contributed by atoms with Crippen molar-refractivity contribution in [3.8, 4) is 22.9 Å². The van der Waals surface area contributed by atoms with Crippen LogP contribution >= 0.6 is 17.6 Å². The van der Waals surface area contributed by atoms with Crippen molar-refractivity contribution >= 4 is 71.8 Å². The summed E-state index contributed by atoms with van der Waals surface area (Å²) in [5.41, 5.74) is 13.8. The molecule has 8 aromatic rings. The van der Waals surface area contributed by atoms with Crippen LogP contribution in [0, 0.1) is 13.8 Å². The van der Waals surface area contributed by atoms with Gasteiger partial charge in [0.2, 0.25) is 0 Å². The average Bonchev–Trinajstić information content (AvgIpc) is 3.63. The Kier molecular flexibility index (Phi) is 9.21. The molecule has 2 heterocycles. The second-order valence-corrected chi connectivity index (χ2v) is 13.8. The van der Waals surface area contributed by atoms with Crippen molar-refractivity contribution in [3.63, 3.8) is 0 Å². The van der Waals surface area contributed by atoms with Gasteiger partial charge >= 0.3 is 0 Å². The summed E-state index contributed by atoms with van der Waals surface area (Å²) in [6.45, 7) is 5.43. The highest BCUT2D eigenvalue weighted by Crippen LogP contribution is 2.37. The van der Waals surface area contributed by atoms with Crippen molar-refractivity contribution in [2.45, 2.75) is 20.3 Å². The van der Waals surface area contributed by atoms with E-state index in [1.54, 1.807) is 0 Å². The molecule has 0 saturated heterocycles. The summed E-state index contributed by atoms with van der Waals surface area (Å²) in [5.74, 6) is 0.590. The zero-order valence-corrected chi connectivity index (χ0v) is 29.6. The van der Waals surface area contributed by atoms with Crippen LogP contribution in [0.1, 0.15) is 17.5 Å². The third kappa shape index (κ3) is 6.09. The van der Waals surface area contributed by atoms with Gasteiger partial charge in [-0.3, -0.25) is 4.74 Å². The largest absolute Gasteiger partial charge is 0.505 e. The fourth-order valence-electron chi connectivity index (χ4n) is 6.60. The third-order valence-electron chi connectivity index (χ3n) is 8.76. The van der Waals surface area contributed by atoms with Gasteiger partial charge in [0, 0.05) is 41.8 Å². The van der Waals surface area contributed by atoms with Gasteiger partial charge in [0.25, 0.3) is 0 Å². The summed E-state index contributed by atoms with van der Waals surface area (Å²) in [7, 11) is 3.39. The molecule has 6 nitrogen and oxygen atoms in total. The Bertz CT molecular complexity index is 2410. The van der Waals surface area contributed by atoms with Crippen molar-refractivity contribution in [2.75, 3.05) is 13.1 Å². The monoisotopic (exact) mass is 680 g/mol. The number of hydrogen-bond acceptors (Lipinski definition) is 4. The minimum Gasteiger partial charge on any atom is -0.505 e. The van der Waals surface area contributed by atoms with Gasteiger partial charge in [0.1, 0.15) is 5.75 Å². The van der Waals surface area contributed by atoms with Crippen LogP contribution in [0.2, 0.25) is 0 Å². The van der Waals surface area contributed by atoms with Crippen LogP contribution in [0.5, 0.6) is 11.5 Å². The van der Waals surface area contributed by atoms with E-state index in [0.717, 1.165) is 70.0 Å². The molecule has 244 valence electrons. The Morgan fingerprint density at radius 1 is 0.612 bits per heavy atom. The van der Waals surface area contributed by atoms with Gasteiger partial charge in [-0.2, -0.15) is 0 Å². The van der Waals surface area contributed by atoms with E-state index in [-0.39, 0.29) is 5.75 Å². The number of fused-ring (bicyclic) bond motifs is 6. The second-order valence-electron chi connectivity index (χ2n) is 12.2. The predicted octanol–water partition coefficient (Wildman–Crippen LogP) is 9.20. The number of nitrogens with zero attached hydrogens (tertiary/aromatic N) is 3. The molecule has 0 aliphatic heterocycles. The molecule has 8 heteroatoms. The van der Waals surface area contributed by atoms with Crippen LogP contribution in [0.4, 0.5) is 0 Å². The number of rotatable bonds is 6. The lowest BCUT2D eigenvalue weighted by atomic mass is 10.2. The lowest BCUT2D eigenvalue weighted by molar-refractivity contribution is 0.477. The Hall–Kier alpha value is -4.99. The smallest absolute Gasteiger partial charge is 0.152 e. The normalized spacial score (nSPS) is 11.6. The molecule has 0 spiro atoms. The van der Waals surface area contributed by atoms with E-state index in [1.807, 2.05) is 55.5 Å². The highest BCUT2D eigenvalue weighted by Gasteiger charge is 2.17. The van der Waals surface area contributed by atoms with Crippen LogP contribution in [-0.2, 0) is 0 Å². The maximum Gasteiger partial charge on any atom is 0.152 e. The van der Waals surface area contributed by atoms with Crippen LogP contribution in [-0.4, -0.2) is 32.4 Å². The van der Waals surface area contributed by atoms with Gasteiger partial charge in [0.05, 0.1) is 38.7 Å². The molecule has 1 atom stereocenters. The molecule has 8 rings (SSSR count). The summed E-state index contributed by atoms with van der Waals surface area (Å²) >= 11 is 0. The molecular formula is C41H38N4O2P2. The molecule has 1 unspecified atom stereocenters. The van der Waals surface area contributed by atoms with Crippen molar-refractivity contribution in [1.82, 2.24) is 9.13 Å². The highest BCUT2D eigenvalue weighted by atomic mass is 31.1. The summed E-state index contributed by atoms with van der Waals surface area (Å²) < 4.78 is 8.79. The van der Waals surface area contributed by atoms with Crippen LogP contribution < -0.4 is 16.3 Å². The lowest BCUT2D eigenvalue weighted by Gasteiger charge is -2.13. The SMILES string of the molecule is Cc1cc(P)c(O)c(-n2c3ccccc3c3ccccc32)c1.Cc1cc(P=NCCCN)c(O)c(-n2c3ccccc3c3ccccc32)c1. The minimum absolute atomic E-state index is 0.283. The molecule has 0 amide bonds. The molecule has 0 fully saturated rings. The predicted molar refractivity (Wildman–Crippen MR) is 211 cm³/mol. The Morgan fingerprint density at radius 3 is 1.47 bits per heavy atom. The second kappa shape index (κ2) is 13.9. The van der Waals surface area contributed by atoms with Gasteiger partial charge in [-0.05, 0) is 86.5 Å². The summed E-state index contributed by atoms with van der Waals surface area (Å²) in [6.07, 6.45) is 0.860. The number of aromatic nitrogens is 2. The fraction of sp³-hybridized carbons (Fsp3) is 0.122. The maximum absolute atomic E-state index is 11.0. The van der Waals surface area contributed by atoms with Gasteiger partial charge in [-0.25, -0.2) is 0 Å². The molecule has 2 aromatic heterocycles. The van der Waals surface area contributed by atoms with E-state index in [0.29, 0.717) is 18.8 Å². The first-order valence-electron chi connectivity index (χ1n) is 16.3. The molecule has 0 bridgehead atoms. The van der Waals surface area contributed by atoms with E-state index < -0.39 is 0 Å². The summed E-state index contributed by atoms with van der Waals surface area (Å²) in [6, 6.07) is 41.3. The van der Waals surface area contributed by atoms with Crippen molar-refractivity contribution < 1.29 is 10.2 Å². The van der Waals surface area contributed by atoms with Gasteiger partial charge in [-0.15, -0.1) is 9.24 Å². The first kappa shape index (κ1) is 32.6. The fourth-order valence-corrected chi connectivity index (χ4v) is 7.87. The van der Waals surface area contributed by atoms with Crippen molar-refractivity contribution in [2.24, 2.45) is 10.5 Å². The number of phenols is 2. The number of hydrogen-bond donors (Lipinski definition) is 3. The molecule has 0 aliphatic carbocycles. The topological polar surface area (TPSA) is 88.7 Å². The quantitative estimate of drug-likeness (QED) is 0.121. The maximum atomic E-state index is 11.0. The number of aryl methyl sites for hydroxylation is 2. The van der Waals surface area contributed by atoms with Crippen molar-refractivity contribution in [3.05, 3.63) is 132 Å². The number of phenolic OH excluding ortho intramolecular Hbond substituents is 2. The van der Waals surface area contributed by atoms with E-state index in [2.05, 4.69) is 103 Å². The molecular weight excluding hydrogens is 642 g/mol. The molecule has 0 aliphatic rings. The molecule has 0 radical (unpaired) electrons. The van der Waals surface area contributed by atoms with E-state index in [1.165, 1.54) is 21.5 Å². The van der Waals surface area contributed by atoms with Crippen LogP contribution in [0.25, 0.3) is 55.0 Å². The third-order valence-corrected chi connectivity index (χ3v) is 10.1. The molecule has 49 heavy (non-hydrogen) atoms. The van der Waals surface area contributed by atoms with Crippen LogP contribution in [0.3, 0.4) is 0 Å². The molecule has 4 N–H and O–H groups in total. The van der Waals surface area contributed by atoms with Gasteiger partial charge in [0.15, 0.2) is 5.75 Å². The summed E-state index contributed by atoms with van der Waals surface area (Å²) in [4.78, 5) is 0. The lowest BCUT2D eigenvalue weighted by Crippen LogP contribution is -2.03. The number of para-hydroxylation sites is 4. The standard InChI is InChI=1S/C22H22N3OP.C19H16NOP/c1-15-13-20(22(26)21(14-15)27-24-12-6-11-23)25-18-9-4-2-7-16(18)17-8-3-5-10-19(17)25;1-12-10-17(19(21)18(22)11-12)20-15-8-4-2-6-13(15)14-7-3-5-9-16(14)20/h2-5,7-10,13-14,26H,6,11-12,23H2,1H3;2-11,21H,22H2,1H3. The van der Waals surface area contributed by atoms with Crippen LogP contribution in [0.15, 0.2) is 126 Å². The van der Waals surface area contributed by atoms with Crippen molar-refractivity contribution in [1.29, 1.82) is 0 Å². The Labute approximate surface area is 289 Å². The highest BCUT2D eigenvalue weighted by molar-refractivity contribution is 7.37. The number of benzene rings is 6. The van der Waals surface area contributed by atoms with E-state index >= 15 is 0 Å². The minimum atomic E-state index is 0.283. The molecule has 0 saturated carbocycles. The van der Waals surface area contributed by atoms with Gasteiger partial charge in [-0.1, -0.05) is 72.8 Å². The van der Waals surface area contributed by atoms with E-state index in [4.69, 9.17) is 5.73 Å². The zero-order chi connectivity index (χ0) is 34.1. The van der Waals surface area contributed by atoms with E-state index in [9.17, 15) is 10.2 Å². The first-order chi connectivity index (χ1) is 23.9. The average molecular weight is 681 g/mol. The Balaban J connectivity index is 0.000000157. The number of aromatic hydroxyl groups is 2. The molecule has 6 aromatic carbocycles. The Morgan fingerprint density at radius 2 is 1.02 bits per heavy atom. The summed E-state index contributed by atoms with van der Waals surface area (Å²) in [5, 5.41) is 28.0. The number of nitrogens with two attached hydrogens (primary N) is 1. The van der Waals surface area contributed by atoms with Gasteiger partial charge < -0.3 is 25.1 Å².